The normalized spacial score (nSPS) is 24.3. The number of aryl methyl sites for hydroxylation is 1. The highest BCUT2D eigenvalue weighted by Crippen LogP contribution is 2.30. The van der Waals surface area contributed by atoms with Crippen LogP contribution < -0.4 is 4.90 Å². The van der Waals surface area contributed by atoms with Crippen LogP contribution in [0.5, 0.6) is 0 Å². The van der Waals surface area contributed by atoms with Crippen molar-refractivity contribution >= 4 is 34.2 Å². The number of hydrogen-bond donors (Lipinski definition) is 0. The second kappa shape index (κ2) is 7.53. The lowest BCUT2D eigenvalue weighted by Gasteiger charge is -2.38. The molecule has 146 valence electrons. The molecule has 1 aromatic heterocycles. The third-order valence-electron chi connectivity index (χ3n) is 5.80. The Hall–Kier alpha value is -2.03. The summed E-state index contributed by atoms with van der Waals surface area (Å²) >= 11 is 1.40. The Labute approximate surface area is 162 Å². The van der Waals surface area contributed by atoms with Crippen LogP contribution in [-0.2, 0) is 20.8 Å². The topological polar surface area (TPSA) is 86.7 Å². The van der Waals surface area contributed by atoms with Gasteiger partial charge < -0.3 is 9.80 Å². The highest BCUT2D eigenvalue weighted by molar-refractivity contribution is 7.15. The number of rotatable bonds is 4. The predicted octanol–water partition coefficient (Wildman–Crippen LogP) is 1.07. The number of aromatic nitrogens is 2. The molecule has 0 radical (unpaired) electrons. The van der Waals surface area contributed by atoms with E-state index in [1.165, 1.54) is 24.2 Å². The average molecular weight is 391 g/mol. The molecule has 3 heterocycles. The number of amides is 3. The molecule has 2 aliphatic heterocycles. The lowest BCUT2D eigenvalue weighted by molar-refractivity contribution is -0.149. The van der Waals surface area contributed by atoms with Gasteiger partial charge in [0.25, 0.3) is 0 Å². The van der Waals surface area contributed by atoms with Gasteiger partial charge in [0.15, 0.2) is 0 Å². The van der Waals surface area contributed by atoms with Crippen molar-refractivity contribution in [1.29, 1.82) is 0 Å². The van der Waals surface area contributed by atoms with Crippen LogP contribution in [0.3, 0.4) is 0 Å². The zero-order valence-corrected chi connectivity index (χ0v) is 16.4. The summed E-state index contributed by atoms with van der Waals surface area (Å²) in [5.74, 6) is -0.551. The van der Waals surface area contributed by atoms with Gasteiger partial charge in [0.05, 0.1) is 12.5 Å². The molecule has 3 amide bonds. The molecule has 3 aliphatic rings. The van der Waals surface area contributed by atoms with Gasteiger partial charge in [-0.15, -0.1) is 10.2 Å². The molecule has 1 saturated carbocycles. The van der Waals surface area contributed by atoms with Gasteiger partial charge in [-0.3, -0.25) is 19.3 Å². The predicted molar refractivity (Wildman–Crippen MR) is 100 cm³/mol. The third kappa shape index (κ3) is 3.56. The van der Waals surface area contributed by atoms with Crippen LogP contribution in [0.4, 0.5) is 5.13 Å². The van der Waals surface area contributed by atoms with E-state index < -0.39 is 5.92 Å². The van der Waals surface area contributed by atoms with Crippen LogP contribution in [-0.4, -0.2) is 69.9 Å². The SMILES string of the molecule is CCc1nnc(N2CC(C(=O)N3CCN(C4CCCC4)C(=O)C3)CC2=O)s1. The summed E-state index contributed by atoms with van der Waals surface area (Å²) in [5, 5.41) is 9.58. The molecule has 1 aromatic rings. The van der Waals surface area contributed by atoms with E-state index in [0.717, 1.165) is 24.3 Å². The molecule has 0 N–H and O–H groups in total. The van der Waals surface area contributed by atoms with Gasteiger partial charge in [-0.1, -0.05) is 31.1 Å². The van der Waals surface area contributed by atoms with Crippen LogP contribution in [0.25, 0.3) is 0 Å². The van der Waals surface area contributed by atoms with Crippen molar-refractivity contribution in [2.24, 2.45) is 5.92 Å². The Morgan fingerprint density at radius 1 is 1.15 bits per heavy atom. The second-order valence-electron chi connectivity index (χ2n) is 7.52. The Bertz CT molecular complexity index is 745. The Morgan fingerprint density at radius 3 is 2.59 bits per heavy atom. The first-order valence-corrected chi connectivity index (χ1v) is 10.6. The lowest BCUT2D eigenvalue weighted by Crippen LogP contribution is -2.56. The smallest absolute Gasteiger partial charge is 0.242 e. The van der Waals surface area contributed by atoms with Gasteiger partial charge in [-0.05, 0) is 19.3 Å². The Balaban J connectivity index is 1.37. The zero-order chi connectivity index (χ0) is 19.0. The first-order chi connectivity index (χ1) is 13.1. The molecular weight excluding hydrogens is 366 g/mol. The standard InChI is InChI=1S/C18H25N5O3S/c1-2-14-19-20-18(27-14)23-10-12(9-15(23)24)17(26)21-7-8-22(16(25)11-21)13-5-3-4-6-13/h12-13H,2-11H2,1H3. The maximum Gasteiger partial charge on any atom is 0.242 e. The van der Waals surface area contributed by atoms with Crippen molar-refractivity contribution < 1.29 is 14.4 Å². The fourth-order valence-electron chi connectivity index (χ4n) is 4.29. The molecule has 1 aliphatic carbocycles. The van der Waals surface area contributed by atoms with Gasteiger partial charge in [0.2, 0.25) is 22.9 Å². The van der Waals surface area contributed by atoms with E-state index in [9.17, 15) is 14.4 Å². The van der Waals surface area contributed by atoms with Gasteiger partial charge in [0.1, 0.15) is 5.01 Å². The quantitative estimate of drug-likeness (QED) is 0.766. The summed E-state index contributed by atoms with van der Waals surface area (Å²) in [5.41, 5.74) is 0. The zero-order valence-electron chi connectivity index (χ0n) is 15.6. The molecule has 0 spiro atoms. The van der Waals surface area contributed by atoms with E-state index >= 15 is 0 Å². The molecule has 4 rings (SSSR count). The fraction of sp³-hybridized carbons (Fsp3) is 0.722. The number of piperazine rings is 1. The first kappa shape index (κ1) is 18.3. The van der Waals surface area contributed by atoms with E-state index in [1.807, 2.05) is 11.8 Å². The maximum absolute atomic E-state index is 12.9. The van der Waals surface area contributed by atoms with Crippen LogP contribution in [0.1, 0.15) is 44.0 Å². The monoisotopic (exact) mass is 391 g/mol. The fourth-order valence-corrected chi connectivity index (χ4v) is 5.09. The van der Waals surface area contributed by atoms with Crippen LogP contribution in [0, 0.1) is 5.92 Å². The second-order valence-corrected chi connectivity index (χ2v) is 8.56. The summed E-state index contributed by atoms with van der Waals surface area (Å²) in [7, 11) is 0. The molecular formula is C18H25N5O3S. The Kier molecular flexibility index (Phi) is 5.12. The number of hydrogen-bond acceptors (Lipinski definition) is 6. The van der Waals surface area contributed by atoms with Crippen molar-refractivity contribution in [2.75, 3.05) is 31.1 Å². The highest BCUT2D eigenvalue weighted by Gasteiger charge is 2.41. The van der Waals surface area contributed by atoms with Gasteiger partial charge in [0, 0.05) is 32.1 Å². The molecule has 0 aromatic carbocycles. The number of anilines is 1. The minimum atomic E-state index is -0.405. The van der Waals surface area contributed by atoms with E-state index in [1.54, 1.807) is 9.80 Å². The molecule has 8 nitrogen and oxygen atoms in total. The number of carbonyl (C=O) groups is 3. The van der Waals surface area contributed by atoms with Crippen molar-refractivity contribution in [1.82, 2.24) is 20.0 Å². The summed E-state index contributed by atoms with van der Waals surface area (Å²) in [6, 6.07) is 0.350. The third-order valence-corrected chi connectivity index (χ3v) is 6.89. The van der Waals surface area contributed by atoms with Crippen molar-refractivity contribution in [2.45, 2.75) is 51.5 Å². The summed E-state index contributed by atoms with van der Waals surface area (Å²) in [6.45, 7) is 3.62. The summed E-state index contributed by atoms with van der Waals surface area (Å²) in [4.78, 5) is 43.0. The van der Waals surface area contributed by atoms with Gasteiger partial charge in [-0.25, -0.2) is 0 Å². The lowest BCUT2D eigenvalue weighted by atomic mass is 10.1. The van der Waals surface area contributed by atoms with E-state index in [2.05, 4.69) is 10.2 Å². The van der Waals surface area contributed by atoms with Gasteiger partial charge in [-0.2, -0.15) is 0 Å². The number of carbonyl (C=O) groups excluding carboxylic acids is 3. The molecule has 0 bridgehead atoms. The van der Waals surface area contributed by atoms with Crippen molar-refractivity contribution in [3.63, 3.8) is 0 Å². The maximum atomic E-state index is 12.9. The largest absolute Gasteiger partial charge is 0.336 e. The van der Waals surface area contributed by atoms with Gasteiger partial charge >= 0.3 is 0 Å². The van der Waals surface area contributed by atoms with Crippen molar-refractivity contribution in [3.8, 4) is 0 Å². The molecule has 2 saturated heterocycles. The van der Waals surface area contributed by atoms with Crippen LogP contribution >= 0.6 is 11.3 Å². The van der Waals surface area contributed by atoms with Crippen LogP contribution in [0.2, 0.25) is 0 Å². The molecule has 1 atom stereocenters. The van der Waals surface area contributed by atoms with Crippen molar-refractivity contribution in [3.05, 3.63) is 5.01 Å². The van der Waals surface area contributed by atoms with Crippen LogP contribution in [0.15, 0.2) is 0 Å². The van der Waals surface area contributed by atoms with E-state index in [0.29, 0.717) is 30.8 Å². The van der Waals surface area contributed by atoms with E-state index in [-0.39, 0.29) is 30.7 Å². The minimum Gasteiger partial charge on any atom is -0.336 e. The molecule has 1 unspecified atom stereocenters. The number of nitrogens with zero attached hydrogens (tertiary/aromatic N) is 5. The minimum absolute atomic E-state index is 0.0411. The first-order valence-electron chi connectivity index (χ1n) is 9.77. The summed E-state index contributed by atoms with van der Waals surface area (Å²) in [6.07, 6.45) is 5.47. The highest BCUT2D eigenvalue weighted by atomic mass is 32.1. The molecule has 27 heavy (non-hydrogen) atoms. The van der Waals surface area contributed by atoms with E-state index in [4.69, 9.17) is 0 Å². The average Bonchev–Trinajstić information content (AvgIpc) is 3.41. The summed E-state index contributed by atoms with van der Waals surface area (Å²) < 4.78 is 0. The molecule has 9 heteroatoms. The Morgan fingerprint density at radius 2 is 1.93 bits per heavy atom. The molecule has 3 fully saturated rings.